The van der Waals surface area contributed by atoms with E-state index in [0.717, 1.165) is 22.2 Å². The Kier molecular flexibility index (Phi) is 4.32. The van der Waals surface area contributed by atoms with E-state index in [-0.39, 0.29) is 0 Å². The zero-order valence-electron chi connectivity index (χ0n) is 16.3. The van der Waals surface area contributed by atoms with Gasteiger partial charge >= 0.3 is 0 Å². The summed E-state index contributed by atoms with van der Waals surface area (Å²) in [6.07, 6.45) is 3.63. The van der Waals surface area contributed by atoms with Gasteiger partial charge in [-0.2, -0.15) is 10.1 Å². The molecule has 0 bridgehead atoms. The smallest absolute Gasteiger partial charge is 0.245 e. The predicted octanol–water partition coefficient (Wildman–Crippen LogP) is 4.30. The van der Waals surface area contributed by atoms with Gasteiger partial charge in [0.1, 0.15) is 0 Å². The number of nitrogens with one attached hydrogen (secondary N) is 3. The van der Waals surface area contributed by atoms with Crippen LogP contribution < -0.4 is 10.7 Å². The van der Waals surface area contributed by atoms with Crippen LogP contribution >= 0.6 is 0 Å². The number of aromatic amines is 1. The molecular weight excluding hydrogens is 380 g/mol. The lowest BCUT2D eigenvalue weighted by molar-refractivity contribution is 0.314. The van der Waals surface area contributed by atoms with Gasteiger partial charge in [0, 0.05) is 28.4 Å². The number of hydrogen-bond acceptors (Lipinski definition) is 8. The van der Waals surface area contributed by atoms with Crippen LogP contribution in [0.1, 0.15) is 16.7 Å². The number of H-pyrrole nitrogens is 1. The average molecular weight is 398 g/mol. The lowest BCUT2D eigenvalue weighted by Gasteiger charge is -2.10. The van der Waals surface area contributed by atoms with Gasteiger partial charge in [-0.1, -0.05) is 24.3 Å². The molecule has 5 rings (SSSR count). The van der Waals surface area contributed by atoms with Crippen molar-refractivity contribution in [2.24, 2.45) is 5.10 Å². The van der Waals surface area contributed by atoms with Gasteiger partial charge in [0.05, 0.1) is 6.21 Å². The summed E-state index contributed by atoms with van der Waals surface area (Å²) in [5.74, 6) is 0.880. The Morgan fingerprint density at radius 2 is 1.77 bits per heavy atom. The van der Waals surface area contributed by atoms with Crippen LogP contribution in [-0.4, -0.2) is 31.5 Å². The number of fused-ring (bicyclic) bond motifs is 2. The second-order valence-electron chi connectivity index (χ2n) is 6.92. The molecule has 0 aliphatic rings. The number of anilines is 3. The van der Waals surface area contributed by atoms with Gasteiger partial charge in [0.2, 0.25) is 11.3 Å². The highest BCUT2D eigenvalue weighted by Gasteiger charge is 2.13. The molecule has 9 heteroatoms. The first kappa shape index (κ1) is 17.8. The maximum absolute atomic E-state index is 4.75. The molecule has 0 aliphatic heterocycles. The van der Waals surface area contributed by atoms with E-state index < -0.39 is 0 Å². The number of hydrazone groups is 1. The topological polar surface area (TPSA) is 117 Å². The van der Waals surface area contributed by atoms with Gasteiger partial charge in [0.25, 0.3) is 0 Å². The van der Waals surface area contributed by atoms with Crippen molar-refractivity contribution in [1.29, 1.82) is 0 Å². The van der Waals surface area contributed by atoms with Crippen molar-refractivity contribution in [3.05, 3.63) is 65.4 Å². The highest BCUT2D eigenvalue weighted by molar-refractivity contribution is 5.99. The fraction of sp³-hybridized carbons (Fsp3) is 0.0952. The summed E-state index contributed by atoms with van der Waals surface area (Å²) in [5, 5.41) is 16.2. The number of nitrogens with zero attached hydrogens (tertiary/aromatic N) is 5. The average Bonchev–Trinajstić information content (AvgIpc) is 3.37. The molecule has 3 heterocycles. The maximum atomic E-state index is 4.75. The number of aromatic nitrogens is 5. The molecule has 9 nitrogen and oxygen atoms in total. The molecule has 0 aliphatic carbocycles. The van der Waals surface area contributed by atoms with E-state index in [1.54, 1.807) is 6.21 Å². The molecule has 0 amide bonds. The number of hydrogen-bond donors (Lipinski definition) is 3. The molecule has 0 atom stereocenters. The molecule has 30 heavy (non-hydrogen) atoms. The zero-order chi connectivity index (χ0) is 20.5. The van der Waals surface area contributed by atoms with Crippen LogP contribution in [0.3, 0.4) is 0 Å². The number of benzene rings is 2. The van der Waals surface area contributed by atoms with Crippen LogP contribution in [0.2, 0.25) is 0 Å². The zero-order valence-corrected chi connectivity index (χ0v) is 16.3. The Hall–Kier alpha value is -4.27. The minimum Gasteiger partial charge on any atom is -0.361 e. The van der Waals surface area contributed by atoms with Crippen LogP contribution in [0, 0.1) is 13.8 Å². The minimum absolute atomic E-state index is 0.297. The molecule has 0 unspecified atom stereocenters. The van der Waals surface area contributed by atoms with E-state index in [1.165, 1.54) is 11.1 Å². The lowest BCUT2D eigenvalue weighted by Crippen LogP contribution is -2.03. The third-order valence-electron chi connectivity index (χ3n) is 4.88. The van der Waals surface area contributed by atoms with E-state index in [2.05, 4.69) is 55.0 Å². The van der Waals surface area contributed by atoms with Crippen LogP contribution in [-0.2, 0) is 0 Å². The van der Waals surface area contributed by atoms with Crippen molar-refractivity contribution in [3.63, 3.8) is 0 Å². The van der Waals surface area contributed by atoms with E-state index in [4.69, 9.17) is 4.63 Å². The fourth-order valence-corrected chi connectivity index (χ4v) is 3.12. The predicted molar refractivity (Wildman–Crippen MR) is 116 cm³/mol. The second-order valence-corrected chi connectivity index (χ2v) is 6.92. The Morgan fingerprint density at radius 3 is 2.60 bits per heavy atom. The van der Waals surface area contributed by atoms with E-state index in [0.29, 0.717) is 22.9 Å². The SMILES string of the molecule is Cc1ccc(Nc2nc3nonc3nc2N/N=C/c2c[nH]c3ccccc23)cc1C. The molecule has 3 aromatic heterocycles. The second kappa shape index (κ2) is 7.28. The van der Waals surface area contributed by atoms with Gasteiger partial charge in [-0.3, -0.25) is 5.43 Å². The summed E-state index contributed by atoms with van der Waals surface area (Å²) >= 11 is 0. The van der Waals surface area contributed by atoms with Gasteiger partial charge in [-0.15, -0.1) is 0 Å². The molecule has 3 N–H and O–H groups in total. The summed E-state index contributed by atoms with van der Waals surface area (Å²) in [4.78, 5) is 12.1. The minimum atomic E-state index is 0.297. The van der Waals surface area contributed by atoms with Crippen molar-refractivity contribution in [2.75, 3.05) is 10.7 Å². The normalized spacial score (nSPS) is 11.5. The first-order valence-corrected chi connectivity index (χ1v) is 9.37. The molecule has 0 saturated heterocycles. The highest BCUT2D eigenvalue weighted by Crippen LogP contribution is 2.25. The van der Waals surface area contributed by atoms with E-state index >= 15 is 0 Å². The Labute approximate surface area is 171 Å². The third-order valence-corrected chi connectivity index (χ3v) is 4.88. The highest BCUT2D eigenvalue weighted by atomic mass is 16.6. The van der Waals surface area contributed by atoms with Crippen LogP contribution in [0.5, 0.6) is 0 Å². The van der Waals surface area contributed by atoms with Crippen molar-refractivity contribution in [2.45, 2.75) is 13.8 Å². The summed E-state index contributed by atoms with van der Waals surface area (Å²) < 4.78 is 4.75. The standard InChI is InChI=1S/C21H18N8O/c1-12-7-8-15(9-13(12)2)24-18-19(26-21-20(25-18)28-30-29-21)27-23-11-14-10-22-17-6-4-3-5-16(14)17/h3-11,22H,1-2H3,(H,24,25,28)(H,26,27,29)/b23-11+. The monoisotopic (exact) mass is 398 g/mol. The number of rotatable bonds is 5. The van der Waals surface area contributed by atoms with E-state index in [1.807, 2.05) is 48.7 Å². The van der Waals surface area contributed by atoms with Crippen molar-refractivity contribution < 1.29 is 4.63 Å². The number of para-hydroxylation sites is 1. The molecule has 2 aromatic carbocycles. The largest absolute Gasteiger partial charge is 0.361 e. The summed E-state index contributed by atoms with van der Waals surface area (Å²) in [7, 11) is 0. The Balaban J connectivity index is 1.46. The van der Waals surface area contributed by atoms with Crippen molar-refractivity contribution >= 4 is 45.7 Å². The molecule has 0 spiro atoms. The van der Waals surface area contributed by atoms with Crippen LogP contribution in [0.15, 0.2) is 58.4 Å². The summed E-state index contributed by atoms with van der Waals surface area (Å²) in [5.41, 5.74) is 8.83. The van der Waals surface area contributed by atoms with Gasteiger partial charge in [-0.05, 0) is 53.5 Å². The van der Waals surface area contributed by atoms with Gasteiger partial charge < -0.3 is 10.3 Å². The van der Waals surface area contributed by atoms with Gasteiger partial charge in [-0.25, -0.2) is 9.61 Å². The summed E-state index contributed by atoms with van der Waals surface area (Å²) in [6, 6.07) is 14.1. The molecule has 0 saturated carbocycles. The first-order valence-electron chi connectivity index (χ1n) is 9.37. The van der Waals surface area contributed by atoms with Crippen molar-refractivity contribution in [3.8, 4) is 0 Å². The van der Waals surface area contributed by atoms with Crippen molar-refractivity contribution in [1.82, 2.24) is 25.3 Å². The molecule has 0 radical (unpaired) electrons. The Morgan fingerprint density at radius 1 is 0.967 bits per heavy atom. The summed E-state index contributed by atoms with van der Waals surface area (Å²) in [6.45, 7) is 4.13. The maximum Gasteiger partial charge on any atom is 0.245 e. The van der Waals surface area contributed by atoms with Gasteiger partial charge in [0.15, 0.2) is 11.6 Å². The number of aryl methyl sites for hydroxylation is 2. The Bertz CT molecular complexity index is 1380. The lowest BCUT2D eigenvalue weighted by atomic mass is 10.1. The molecule has 5 aromatic rings. The van der Waals surface area contributed by atoms with Crippen LogP contribution in [0.25, 0.3) is 22.2 Å². The van der Waals surface area contributed by atoms with Crippen LogP contribution in [0.4, 0.5) is 17.3 Å². The molecule has 0 fully saturated rings. The molecular formula is C21H18N8O. The quantitative estimate of drug-likeness (QED) is 0.298. The third kappa shape index (κ3) is 3.32. The first-order chi connectivity index (χ1) is 14.7. The molecule has 148 valence electrons. The fourth-order valence-electron chi connectivity index (χ4n) is 3.12. The van der Waals surface area contributed by atoms with E-state index in [9.17, 15) is 0 Å².